The Hall–Kier alpha value is -2.41. The second kappa shape index (κ2) is 6.16. The van der Waals surface area contributed by atoms with Crippen molar-refractivity contribution in [3.8, 4) is 22.8 Å². The van der Waals surface area contributed by atoms with Gasteiger partial charge >= 0.3 is 0 Å². The summed E-state index contributed by atoms with van der Waals surface area (Å²) in [6, 6.07) is 7.03. The Labute approximate surface area is 122 Å². The number of methoxy groups -OCH3 is 2. The van der Waals surface area contributed by atoms with Gasteiger partial charge in [-0.3, -0.25) is 5.41 Å². The SMILES string of the molecule is COc1ccc(-c2cc(N)n(C(=N)N)n2)cc1OC.Cl. The third kappa shape index (κ3) is 2.77. The van der Waals surface area contributed by atoms with Crippen molar-refractivity contribution in [1.29, 1.82) is 5.41 Å². The summed E-state index contributed by atoms with van der Waals surface area (Å²) in [6.07, 6.45) is 0. The first-order chi connectivity index (χ1) is 9.06. The molecule has 1 heterocycles. The smallest absolute Gasteiger partial charge is 0.215 e. The molecule has 0 radical (unpaired) electrons. The van der Waals surface area contributed by atoms with Crippen LogP contribution in [0.25, 0.3) is 11.3 Å². The number of halogens is 1. The second-order valence-electron chi connectivity index (χ2n) is 3.82. The number of nitrogen functional groups attached to an aromatic ring is 2. The van der Waals surface area contributed by atoms with E-state index in [0.29, 0.717) is 23.0 Å². The van der Waals surface area contributed by atoms with Gasteiger partial charge in [-0.15, -0.1) is 12.4 Å². The minimum atomic E-state index is -0.232. The summed E-state index contributed by atoms with van der Waals surface area (Å²) in [5.74, 6) is 1.29. The Morgan fingerprint density at radius 3 is 2.35 bits per heavy atom. The summed E-state index contributed by atoms with van der Waals surface area (Å²) < 4.78 is 11.5. The molecule has 2 rings (SSSR count). The molecular formula is C12H16ClN5O2. The van der Waals surface area contributed by atoms with Crippen LogP contribution in [0.1, 0.15) is 0 Å². The van der Waals surface area contributed by atoms with Gasteiger partial charge in [0.2, 0.25) is 5.96 Å². The van der Waals surface area contributed by atoms with Gasteiger partial charge in [0, 0.05) is 11.6 Å². The number of aromatic nitrogens is 2. The summed E-state index contributed by atoms with van der Waals surface area (Å²) in [7, 11) is 3.13. The van der Waals surface area contributed by atoms with E-state index in [1.54, 1.807) is 32.4 Å². The highest BCUT2D eigenvalue weighted by Crippen LogP contribution is 2.32. The number of nitrogens with one attached hydrogen (secondary N) is 1. The quantitative estimate of drug-likeness (QED) is 0.584. The first kappa shape index (κ1) is 15.6. The molecule has 0 aliphatic heterocycles. The van der Waals surface area contributed by atoms with Crippen LogP contribution in [-0.2, 0) is 0 Å². The van der Waals surface area contributed by atoms with E-state index >= 15 is 0 Å². The van der Waals surface area contributed by atoms with Gasteiger partial charge in [-0.25, -0.2) is 0 Å². The Kier molecular flexibility index (Phi) is 4.82. The number of rotatable bonds is 3. The molecule has 0 fully saturated rings. The van der Waals surface area contributed by atoms with E-state index < -0.39 is 0 Å². The predicted octanol–water partition coefficient (Wildman–Crippen LogP) is 1.31. The zero-order valence-corrected chi connectivity index (χ0v) is 11.9. The molecule has 5 N–H and O–H groups in total. The van der Waals surface area contributed by atoms with Crippen LogP contribution in [0.2, 0.25) is 0 Å². The molecule has 2 aromatic rings. The largest absolute Gasteiger partial charge is 0.493 e. The van der Waals surface area contributed by atoms with Gasteiger partial charge in [0.05, 0.1) is 19.9 Å². The monoisotopic (exact) mass is 297 g/mol. The maximum atomic E-state index is 7.35. The molecule has 1 aromatic carbocycles. The highest BCUT2D eigenvalue weighted by molar-refractivity contribution is 5.85. The Balaban J connectivity index is 0.00000200. The van der Waals surface area contributed by atoms with E-state index in [2.05, 4.69) is 5.10 Å². The van der Waals surface area contributed by atoms with Crippen molar-refractivity contribution in [1.82, 2.24) is 9.78 Å². The summed E-state index contributed by atoms with van der Waals surface area (Å²) in [5.41, 5.74) is 12.5. The first-order valence-corrected chi connectivity index (χ1v) is 5.49. The highest BCUT2D eigenvalue weighted by atomic mass is 35.5. The molecule has 0 aliphatic rings. The average Bonchev–Trinajstić information content (AvgIpc) is 2.80. The number of ether oxygens (including phenoxy) is 2. The molecular weight excluding hydrogens is 282 g/mol. The van der Waals surface area contributed by atoms with Crippen molar-refractivity contribution in [2.24, 2.45) is 5.73 Å². The number of nitrogens with zero attached hydrogens (tertiary/aromatic N) is 2. The lowest BCUT2D eigenvalue weighted by Crippen LogP contribution is -2.23. The number of anilines is 1. The van der Waals surface area contributed by atoms with E-state index in [1.807, 2.05) is 6.07 Å². The van der Waals surface area contributed by atoms with Gasteiger partial charge in [0.15, 0.2) is 11.5 Å². The molecule has 0 bridgehead atoms. The van der Waals surface area contributed by atoms with Crippen molar-refractivity contribution >= 4 is 24.2 Å². The Morgan fingerprint density at radius 2 is 1.85 bits per heavy atom. The standard InChI is InChI=1S/C12H15N5O2.ClH/c1-18-9-4-3-7(5-10(9)19-2)8-6-11(13)17(16-8)12(14)15;/h3-6H,13H2,1-2H3,(H3,14,15);1H. The zero-order valence-electron chi connectivity index (χ0n) is 11.1. The van der Waals surface area contributed by atoms with Gasteiger partial charge in [-0.1, -0.05) is 0 Å². The molecule has 7 nitrogen and oxygen atoms in total. The fourth-order valence-corrected chi connectivity index (χ4v) is 1.73. The summed E-state index contributed by atoms with van der Waals surface area (Å²) in [4.78, 5) is 0. The molecule has 0 saturated heterocycles. The highest BCUT2D eigenvalue weighted by Gasteiger charge is 2.11. The maximum absolute atomic E-state index is 7.35. The summed E-state index contributed by atoms with van der Waals surface area (Å²) in [5, 5.41) is 11.5. The lowest BCUT2D eigenvalue weighted by molar-refractivity contribution is 0.355. The minimum absolute atomic E-state index is 0. The molecule has 0 saturated carbocycles. The molecule has 0 amide bonds. The predicted molar refractivity (Wildman–Crippen MR) is 79.7 cm³/mol. The van der Waals surface area contributed by atoms with Gasteiger partial charge in [-0.05, 0) is 18.2 Å². The van der Waals surface area contributed by atoms with E-state index in [4.69, 9.17) is 26.4 Å². The van der Waals surface area contributed by atoms with Crippen LogP contribution >= 0.6 is 12.4 Å². The van der Waals surface area contributed by atoms with Crippen LogP contribution in [0.5, 0.6) is 11.5 Å². The molecule has 1 aromatic heterocycles. The number of hydrogen-bond donors (Lipinski definition) is 3. The number of benzene rings is 1. The molecule has 0 unspecified atom stereocenters. The molecule has 0 spiro atoms. The summed E-state index contributed by atoms with van der Waals surface area (Å²) >= 11 is 0. The topological polar surface area (TPSA) is 112 Å². The van der Waals surface area contributed by atoms with Gasteiger partial charge in [-0.2, -0.15) is 9.78 Å². The van der Waals surface area contributed by atoms with Crippen LogP contribution in [0.15, 0.2) is 24.3 Å². The van der Waals surface area contributed by atoms with Gasteiger partial charge in [0.1, 0.15) is 5.82 Å². The third-order valence-corrected chi connectivity index (χ3v) is 2.64. The van der Waals surface area contributed by atoms with Gasteiger partial charge < -0.3 is 20.9 Å². The average molecular weight is 298 g/mol. The maximum Gasteiger partial charge on any atom is 0.215 e. The van der Waals surface area contributed by atoms with Crippen molar-refractivity contribution in [3.05, 3.63) is 24.3 Å². The minimum Gasteiger partial charge on any atom is -0.493 e. The van der Waals surface area contributed by atoms with E-state index in [0.717, 1.165) is 10.2 Å². The van der Waals surface area contributed by atoms with Crippen molar-refractivity contribution in [2.45, 2.75) is 0 Å². The number of hydrogen-bond acceptors (Lipinski definition) is 5. The van der Waals surface area contributed by atoms with Crippen molar-refractivity contribution < 1.29 is 9.47 Å². The molecule has 0 atom stereocenters. The molecule has 20 heavy (non-hydrogen) atoms. The fraction of sp³-hybridized carbons (Fsp3) is 0.167. The number of nitrogens with two attached hydrogens (primary N) is 2. The van der Waals surface area contributed by atoms with Crippen molar-refractivity contribution in [2.75, 3.05) is 20.0 Å². The second-order valence-corrected chi connectivity index (χ2v) is 3.82. The third-order valence-electron chi connectivity index (χ3n) is 2.64. The lowest BCUT2D eigenvalue weighted by atomic mass is 10.1. The van der Waals surface area contributed by atoms with Crippen LogP contribution in [0.3, 0.4) is 0 Å². The lowest BCUT2D eigenvalue weighted by Gasteiger charge is -2.08. The van der Waals surface area contributed by atoms with E-state index in [1.165, 1.54) is 0 Å². The van der Waals surface area contributed by atoms with Crippen LogP contribution in [0.4, 0.5) is 5.82 Å². The summed E-state index contributed by atoms with van der Waals surface area (Å²) in [6.45, 7) is 0. The van der Waals surface area contributed by atoms with E-state index in [-0.39, 0.29) is 18.4 Å². The van der Waals surface area contributed by atoms with Crippen LogP contribution in [0, 0.1) is 5.41 Å². The van der Waals surface area contributed by atoms with E-state index in [9.17, 15) is 0 Å². The van der Waals surface area contributed by atoms with Crippen LogP contribution < -0.4 is 20.9 Å². The molecule has 0 aliphatic carbocycles. The first-order valence-electron chi connectivity index (χ1n) is 5.49. The van der Waals surface area contributed by atoms with Crippen LogP contribution in [-0.4, -0.2) is 30.0 Å². The Morgan fingerprint density at radius 1 is 1.20 bits per heavy atom. The van der Waals surface area contributed by atoms with Crippen molar-refractivity contribution in [3.63, 3.8) is 0 Å². The molecule has 108 valence electrons. The molecule has 8 heteroatoms. The Bertz CT molecular complexity index is 626. The zero-order chi connectivity index (χ0) is 14.0. The van der Waals surface area contributed by atoms with Gasteiger partial charge in [0.25, 0.3) is 0 Å². The normalized spacial score (nSPS) is 9.70. The fourth-order valence-electron chi connectivity index (χ4n) is 1.73.